The molecule has 0 unspecified atom stereocenters. The Bertz CT molecular complexity index is 1220. The van der Waals surface area contributed by atoms with E-state index in [1.807, 2.05) is 50.2 Å². The second-order valence-electron chi connectivity index (χ2n) is 6.85. The monoisotopic (exact) mass is 422 g/mol. The van der Waals surface area contributed by atoms with Crippen LogP contribution in [0.25, 0.3) is 22.4 Å². The first-order valence-electron chi connectivity index (χ1n) is 9.34. The van der Waals surface area contributed by atoms with E-state index in [0.29, 0.717) is 28.4 Å². The van der Waals surface area contributed by atoms with Crippen LogP contribution in [0.5, 0.6) is 5.88 Å². The lowest BCUT2D eigenvalue weighted by molar-refractivity contribution is -0.123. The number of amides is 1. The average molecular weight is 423 g/mol. The van der Waals surface area contributed by atoms with Crippen molar-refractivity contribution in [3.05, 3.63) is 70.5 Å². The van der Waals surface area contributed by atoms with Crippen molar-refractivity contribution in [2.24, 2.45) is 0 Å². The number of hydrogen-bond acceptors (Lipinski definition) is 6. The molecule has 8 heteroatoms. The normalized spacial score (nSPS) is 10.9. The van der Waals surface area contributed by atoms with Crippen molar-refractivity contribution in [2.75, 3.05) is 6.61 Å². The van der Waals surface area contributed by atoms with E-state index in [2.05, 4.69) is 20.4 Å². The van der Waals surface area contributed by atoms with Gasteiger partial charge in [0.15, 0.2) is 6.61 Å². The Hall–Kier alpha value is -3.45. The van der Waals surface area contributed by atoms with Crippen LogP contribution >= 0.6 is 11.6 Å². The van der Waals surface area contributed by atoms with Gasteiger partial charge in [-0.3, -0.25) is 4.79 Å². The summed E-state index contributed by atoms with van der Waals surface area (Å²) in [5, 5.41) is 8.04. The Kier molecular flexibility index (Phi) is 5.63. The third kappa shape index (κ3) is 4.11. The SMILES string of the molecule is Cc1ccc(-c2noc3ncnc(OCC(=O)NCc4ccccc4Cl)c23)cc1C. The molecule has 2 heterocycles. The minimum Gasteiger partial charge on any atom is -0.467 e. The number of carbonyl (C=O) groups is 1. The molecule has 0 aliphatic rings. The van der Waals surface area contributed by atoms with Gasteiger partial charge < -0.3 is 14.6 Å². The highest BCUT2D eigenvalue weighted by molar-refractivity contribution is 6.31. The molecule has 30 heavy (non-hydrogen) atoms. The number of nitrogens with one attached hydrogen (secondary N) is 1. The Balaban J connectivity index is 1.51. The molecular weight excluding hydrogens is 404 g/mol. The molecule has 0 bridgehead atoms. The van der Waals surface area contributed by atoms with Crippen LogP contribution in [-0.2, 0) is 11.3 Å². The quantitative estimate of drug-likeness (QED) is 0.499. The first kappa shape index (κ1) is 19.8. The topological polar surface area (TPSA) is 90.1 Å². The van der Waals surface area contributed by atoms with Crippen LogP contribution in [0.3, 0.4) is 0 Å². The Morgan fingerprint density at radius 1 is 1.13 bits per heavy atom. The number of halogens is 1. The standard InChI is InChI=1S/C22H19ClN4O3/c1-13-7-8-15(9-14(13)2)20-19-21(25-12-26-22(19)30-27-20)29-11-18(28)24-10-16-5-3-4-6-17(16)23/h3-9,12H,10-11H2,1-2H3,(H,24,28). The molecule has 0 fully saturated rings. The molecule has 1 N–H and O–H groups in total. The molecule has 0 spiro atoms. The first-order valence-corrected chi connectivity index (χ1v) is 9.71. The summed E-state index contributed by atoms with van der Waals surface area (Å²) in [6.07, 6.45) is 1.31. The molecule has 7 nitrogen and oxygen atoms in total. The second-order valence-corrected chi connectivity index (χ2v) is 7.25. The summed E-state index contributed by atoms with van der Waals surface area (Å²) in [6, 6.07) is 13.3. The summed E-state index contributed by atoms with van der Waals surface area (Å²) in [4.78, 5) is 20.5. The Labute approximate surface area is 178 Å². The number of carbonyl (C=O) groups excluding carboxylic acids is 1. The van der Waals surface area contributed by atoms with Gasteiger partial charge in [-0.25, -0.2) is 4.98 Å². The fraction of sp³-hybridized carbons (Fsp3) is 0.182. The zero-order valence-electron chi connectivity index (χ0n) is 16.5. The number of ether oxygens (including phenoxy) is 1. The van der Waals surface area contributed by atoms with Crippen molar-refractivity contribution >= 4 is 28.6 Å². The summed E-state index contributed by atoms with van der Waals surface area (Å²) in [5.41, 5.74) is 4.86. The van der Waals surface area contributed by atoms with Gasteiger partial charge in [-0.15, -0.1) is 0 Å². The molecule has 0 aliphatic heterocycles. The van der Waals surface area contributed by atoms with Crippen molar-refractivity contribution in [3.63, 3.8) is 0 Å². The van der Waals surface area contributed by atoms with E-state index in [1.165, 1.54) is 11.9 Å². The van der Waals surface area contributed by atoms with E-state index in [0.717, 1.165) is 16.7 Å². The zero-order valence-corrected chi connectivity index (χ0v) is 17.2. The molecule has 1 amide bonds. The van der Waals surface area contributed by atoms with E-state index >= 15 is 0 Å². The predicted molar refractivity (Wildman–Crippen MR) is 113 cm³/mol. The van der Waals surface area contributed by atoms with Gasteiger partial charge >= 0.3 is 0 Å². The van der Waals surface area contributed by atoms with Crippen LogP contribution in [0, 0.1) is 13.8 Å². The van der Waals surface area contributed by atoms with Crippen LogP contribution in [0.1, 0.15) is 16.7 Å². The molecule has 0 atom stereocenters. The van der Waals surface area contributed by atoms with Crippen LogP contribution in [0.2, 0.25) is 5.02 Å². The van der Waals surface area contributed by atoms with E-state index in [-0.39, 0.29) is 18.4 Å². The molecule has 2 aromatic carbocycles. The number of rotatable bonds is 6. The number of nitrogens with zero attached hydrogens (tertiary/aromatic N) is 3. The van der Waals surface area contributed by atoms with Crippen molar-refractivity contribution in [1.82, 2.24) is 20.4 Å². The minimum absolute atomic E-state index is 0.214. The molecule has 2 aromatic heterocycles. The third-order valence-corrected chi connectivity index (χ3v) is 5.16. The van der Waals surface area contributed by atoms with Crippen LogP contribution < -0.4 is 10.1 Å². The summed E-state index contributed by atoms with van der Waals surface area (Å²) >= 11 is 6.11. The van der Waals surface area contributed by atoms with E-state index < -0.39 is 0 Å². The molecule has 0 aliphatic carbocycles. The minimum atomic E-state index is -0.300. The molecule has 4 aromatic rings. The first-order chi connectivity index (χ1) is 14.5. The summed E-state index contributed by atoms with van der Waals surface area (Å²) in [6.45, 7) is 4.16. The van der Waals surface area contributed by atoms with Gasteiger partial charge in [-0.05, 0) is 42.7 Å². The number of fused-ring (bicyclic) bond motifs is 1. The van der Waals surface area contributed by atoms with Gasteiger partial charge in [-0.2, -0.15) is 4.98 Å². The van der Waals surface area contributed by atoms with Gasteiger partial charge in [0, 0.05) is 17.1 Å². The maximum atomic E-state index is 12.3. The van der Waals surface area contributed by atoms with Gasteiger partial charge in [0.05, 0.1) is 0 Å². The summed E-state index contributed by atoms with van der Waals surface area (Å²) in [5.74, 6) is -0.0618. The van der Waals surface area contributed by atoms with Crippen molar-refractivity contribution in [1.29, 1.82) is 0 Å². The lowest BCUT2D eigenvalue weighted by Crippen LogP contribution is -2.28. The summed E-state index contributed by atoms with van der Waals surface area (Å²) < 4.78 is 11.0. The Morgan fingerprint density at radius 2 is 1.97 bits per heavy atom. The fourth-order valence-electron chi connectivity index (χ4n) is 2.98. The van der Waals surface area contributed by atoms with Gasteiger partial charge in [0.25, 0.3) is 11.6 Å². The van der Waals surface area contributed by atoms with Crippen molar-refractivity contribution in [2.45, 2.75) is 20.4 Å². The number of benzene rings is 2. The lowest BCUT2D eigenvalue weighted by Gasteiger charge is -2.09. The largest absolute Gasteiger partial charge is 0.467 e. The molecule has 0 radical (unpaired) electrons. The zero-order chi connectivity index (χ0) is 21.1. The molecule has 0 saturated carbocycles. The van der Waals surface area contributed by atoms with Gasteiger partial charge in [0.1, 0.15) is 17.4 Å². The molecule has 152 valence electrons. The molecule has 4 rings (SSSR count). The van der Waals surface area contributed by atoms with Crippen LogP contribution in [0.15, 0.2) is 53.3 Å². The second kappa shape index (κ2) is 8.51. The molecule has 0 saturated heterocycles. The van der Waals surface area contributed by atoms with E-state index in [1.54, 1.807) is 6.07 Å². The third-order valence-electron chi connectivity index (χ3n) is 4.79. The van der Waals surface area contributed by atoms with Crippen molar-refractivity contribution < 1.29 is 14.1 Å². The number of aryl methyl sites for hydroxylation is 2. The van der Waals surface area contributed by atoms with Crippen molar-refractivity contribution in [3.8, 4) is 17.1 Å². The highest BCUT2D eigenvalue weighted by Gasteiger charge is 2.19. The van der Waals surface area contributed by atoms with Crippen LogP contribution in [-0.4, -0.2) is 27.6 Å². The molecular formula is C22H19ClN4O3. The number of hydrogen-bond donors (Lipinski definition) is 1. The van der Waals surface area contributed by atoms with E-state index in [4.69, 9.17) is 20.9 Å². The Morgan fingerprint density at radius 3 is 2.77 bits per heavy atom. The van der Waals surface area contributed by atoms with Gasteiger partial charge in [0.2, 0.25) is 5.88 Å². The smallest absolute Gasteiger partial charge is 0.265 e. The highest BCUT2D eigenvalue weighted by Crippen LogP contribution is 2.33. The number of aromatic nitrogens is 3. The summed E-state index contributed by atoms with van der Waals surface area (Å²) in [7, 11) is 0. The lowest BCUT2D eigenvalue weighted by atomic mass is 10.0. The van der Waals surface area contributed by atoms with Crippen LogP contribution in [0.4, 0.5) is 0 Å². The van der Waals surface area contributed by atoms with Gasteiger partial charge in [-0.1, -0.05) is 47.1 Å². The maximum Gasteiger partial charge on any atom is 0.265 e. The van der Waals surface area contributed by atoms with E-state index in [9.17, 15) is 4.79 Å². The highest BCUT2D eigenvalue weighted by atomic mass is 35.5. The average Bonchev–Trinajstić information content (AvgIpc) is 3.18. The fourth-order valence-corrected chi connectivity index (χ4v) is 3.18. The maximum absolute atomic E-state index is 12.3. The predicted octanol–water partition coefficient (Wildman–Crippen LogP) is 4.25.